The van der Waals surface area contributed by atoms with Crippen LogP contribution in [0.5, 0.6) is 0 Å². The highest BCUT2D eigenvalue weighted by Gasteiger charge is 2.34. The number of furan rings is 1. The van der Waals surface area contributed by atoms with E-state index in [4.69, 9.17) is 4.42 Å². The first-order chi connectivity index (χ1) is 8.67. The van der Waals surface area contributed by atoms with Crippen molar-refractivity contribution in [2.24, 2.45) is 5.92 Å². The standard InChI is InChI=1S/C16H20O2/c1-12-5-4-9-16(17,10-8-12)15-11-13-6-2-3-7-14(13)18-15/h2-3,6-7,11-12,17H,4-5,8-10H2,1H3. The van der Waals surface area contributed by atoms with E-state index < -0.39 is 5.60 Å². The number of para-hydroxylation sites is 1. The van der Waals surface area contributed by atoms with Crippen molar-refractivity contribution >= 4 is 11.0 Å². The molecule has 0 spiro atoms. The van der Waals surface area contributed by atoms with Crippen LogP contribution in [0.3, 0.4) is 0 Å². The molecule has 0 saturated heterocycles. The van der Waals surface area contributed by atoms with E-state index in [1.807, 2.05) is 30.3 Å². The van der Waals surface area contributed by atoms with Gasteiger partial charge in [-0.1, -0.05) is 31.5 Å². The smallest absolute Gasteiger partial charge is 0.136 e. The maximum Gasteiger partial charge on any atom is 0.136 e. The third-order valence-corrected chi connectivity index (χ3v) is 4.22. The summed E-state index contributed by atoms with van der Waals surface area (Å²) in [5.74, 6) is 1.46. The van der Waals surface area contributed by atoms with Gasteiger partial charge in [-0.25, -0.2) is 0 Å². The first-order valence-corrected chi connectivity index (χ1v) is 6.89. The summed E-state index contributed by atoms with van der Waals surface area (Å²) in [4.78, 5) is 0. The minimum atomic E-state index is -0.760. The van der Waals surface area contributed by atoms with Crippen molar-refractivity contribution in [3.8, 4) is 0 Å². The summed E-state index contributed by atoms with van der Waals surface area (Å²) in [6, 6.07) is 9.97. The average molecular weight is 244 g/mol. The van der Waals surface area contributed by atoms with Gasteiger partial charge in [0.25, 0.3) is 0 Å². The van der Waals surface area contributed by atoms with Gasteiger partial charge in [0.15, 0.2) is 0 Å². The normalized spacial score (nSPS) is 29.3. The molecule has 3 rings (SSSR count). The third-order valence-electron chi connectivity index (χ3n) is 4.22. The van der Waals surface area contributed by atoms with Crippen molar-refractivity contribution in [2.75, 3.05) is 0 Å². The Morgan fingerprint density at radius 1 is 1.22 bits per heavy atom. The molecule has 2 nitrogen and oxygen atoms in total. The van der Waals surface area contributed by atoms with E-state index in [0.29, 0.717) is 5.92 Å². The molecular formula is C16H20O2. The van der Waals surface area contributed by atoms with Crippen LogP contribution in [0.1, 0.15) is 44.8 Å². The highest BCUT2D eigenvalue weighted by molar-refractivity contribution is 5.77. The molecule has 2 heteroatoms. The van der Waals surface area contributed by atoms with E-state index in [-0.39, 0.29) is 0 Å². The lowest BCUT2D eigenvalue weighted by Gasteiger charge is -2.23. The summed E-state index contributed by atoms with van der Waals surface area (Å²) in [5, 5.41) is 11.9. The van der Waals surface area contributed by atoms with Gasteiger partial charge in [0.2, 0.25) is 0 Å². The molecule has 96 valence electrons. The topological polar surface area (TPSA) is 33.4 Å². The Kier molecular flexibility index (Phi) is 2.90. The summed E-state index contributed by atoms with van der Waals surface area (Å²) in [6.45, 7) is 2.27. The van der Waals surface area contributed by atoms with E-state index >= 15 is 0 Å². The molecule has 0 bridgehead atoms. The Morgan fingerprint density at radius 2 is 2.06 bits per heavy atom. The van der Waals surface area contributed by atoms with Gasteiger partial charge in [0, 0.05) is 5.39 Å². The number of fused-ring (bicyclic) bond motifs is 1. The molecule has 1 fully saturated rings. The van der Waals surface area contributed by atoms with Crippen molar-refractivity contribution in [3.63, 3.8) is 0 Å². The monoisotopic (exact) mass is 244 g/mol. The predicted molar refractivity (Wildman–Crippen MR) is 72.4 cm³/mol. The lowest BCUT2D eigenvalue weighted by atomic mass is 9.91. The minimum Gasteiger partial charge on any atom is -0.458 e. The van der Waals surface area contributed by atoms with Crippen LogP contribution in [0.2, 0.25) is 0 Å². The SMILES string of the molecule is CC1CCCC(O)(c2cc3ccccc3o2)CC1. The van der Waals surface area contributed by atoms with Crippen molar-refractivity contribution in [3.05, 3.63) is 36.1 Å². The molecule has 0 radical (unpaired) electrons. The second-order valence-corrected chi connectivity index (χ2v) is 5.72. The fourth-order valence-corrected chi connectivity index (χ4v) is 2.96. The van der Waals surface area contributed by atoms with E-state index in [1.54, 1.807) is 0 Å². The van der Waals surface area contributed by atoms with Crippen LogP contribution in [0, 0.1) is 5.92 Å². The van der Waals surface area contributed by atoms with Gasteiger partial charge in [-0.2, -0.15) is 0 Å². The van der Waals surface area contributed by atoms with Crippen molar-refractivity contribution < 1.29 is 9.52 Å². The predicted octanol–water partition coefficient (Wildman–Crippen LogP) is 4.22. The van der Waals surface area contributed by atoms with Crippen LogP contribution < -0.4 is 0 Å². The van der Waals surface area contributed by atoms with Gasteiger partial charge >= 0.3 is 0 Å². The van der Waals surface area contributed by atoms with Crippen LogP contribution in [-0.2, 0) is 5.60 Å². The van der Waals surface area contributed by atoms with Crippen LogP contribution in [0.25, 0.3) is 11.0 Å². The number of rotatable bonds is 1. The van der Waals surface area contributed by atoms with Crippen LogP contribution in [0.4, 0.5) is 0 Å². The summed E-state index contributed by atoms with van der Waals surface area (Å²) >= 11 is 0. The molecule has 0 amide bonds. The van der Waals surface area contributed by atoms with Crippen molar-refractivity contribution in [2.45, 2.75) is 44.6 Å². The van der Waals surface area contributed by atoms with E-state index in [2.05, 4.69) is 6.92 Å². The van der Waals surface area contributed by atoms with Crippen molar-refractivity contribution in [1.29, 1.82) is 0 Å². The van der Waals surface area contributed by atoms with Crippen LogP contribution in [-0.4, -0.2) is 5.11 Å². The summed E-state index contributed by atoms with van der Waals surface area (Å²) in [7, 11) is 0. The van der Waals surface area contributed by atoms with Gasteiger partial charge in [0.05, 0.1) is 0 Å². The molecule has 1 N–H and O–H groups in total. The largest absolute Gasteiger partial charge is 0.458 e. The van der Waals surface area contributed by atoms with Crippen LogP contribution in [0.15, 0.2) is 34.7 Å². The van der Waals surface area contributed by atoms with Gasteiger partial charge in [0.1, 0.15) is 16.9 Å². The number of hydrogen-bond acceptors (Lipinski definition) is 2. The Bertz CT molecular complexity index is 510. The van der Waals surface area contributed by atoms with Gasteiger partial charge in [-0.3, -0.25) is 0 Å². The van der Waals surface area contributed by atoms with Gasteiger partial charge in [-0.15, -0.1) is 0 Å². The van der Waals surface area contributed by atoms with Gasteiger partial charge in [-0.05, 0) is 43.7 Å². The molecule has 1 saturated carbocycles. The first kappa shape index (κ1) is 11.8. The second kappa shape index (κ2) is 4.43. The molecule has 0 aliphatic heterocycles. The fraction of sp³-hybridized carbons (Fsp3) is 0.500. The molecule has 1 aromatic heterocycles. The first-order valence-electron chi connectivity index (χ1n) is 6.89. The highest BCUT2D eigenvalue weighted by atomic mass is 16.4. The molecule has 1 aliphatic carbocycles. The average Bonchev–Trinajstić information content (AvgIpc) is 2.73. The molecule has 1 aliphatic rings. The molecule has 18 heavy (non-hydrogen) atoms. The Balaban J connectivity index is 1.96. The summed E-state index contributed by atoms with van der Waals surface area (Å²) in [6.07, 6.45) is 5.00. The molecular weight excluding hydrogens is 224 g/mol. The molecule has 2 aromatic rings. The van der Waals surface area contributed by atoms with Crippen LogP contribution >= 0.6 is 0 Å². The van der Waals surface area contributed by atoms with Crippen molar-refractivity contribution in [1.82, 2.24) is 0 Å². The lowest BCUT2D eigenvalue weighted by molar-refractivity contribution is 0.000350. The zero-order valence-corrected chi connectivity index (χ0v) is 10.9. The number of aliphatic hydroxyl groups is 1. The van der Waals surface area contributed by atoms with E-state index in [9.17, 15) is 5.11 Å². The Morgan fingerprint density at radius 3 is 2.89 bits per heavy atom. The second-order valence-electron chi connectivity index (χ2n) is 5.72. The molecule has 2 unspecified atom stereocenters. The maximum atomic E-state index is 10.8. The van der Waals surface area contributed by atoms with E-state index in [1.165, 1.54) is 6.42 Å². The zero-order valence-electron chi connectivity index (χ0n) is 10.9. The van der Waals surface area contributed by atoms with Gasteiger partial charge < -0.3 is 9.52 Å². The number of hydrogen-bond donors (Lipinski definition) is 1. The summed E-state index contributed by atoms with van der Waals surface area (Å²) < 4.78 is 5.85. The van der Waals surface area contributed by atoms with E-state index in [0.717, 1.165) is 42.4 Å². The minimum absolute atomic E-state index is 0.711. The quantitative estimate of drug-likeness (QED) is 0.762. The Labute approximate surface area is 108 Å². The molecule has 1 aromatic carbocycles. The third kappa shape index (κ3) is 2.05. The molecule has 2 atom stereocenters. The summed E-state index contributed by atoms with van der Waals surface area (Å²) in [5.41, 5.74) is 0.113. The highest BCUT2D eigenvalue weighted by Crippen LogP contribution is 2.39. The number of benzene rings is 1. The lowest BCUT2D eigenvalue weighted by Crippen LogP contribution is -2.24. The Hall–Kier alpha value is -1.28. The zero-order chi connectivity index (χ0) is 12.6. The molecule has 1 heterocycles. The fourth-order valence-electron chi connectivity index (χ4n) is 2.96. The maximum absolute atomic E-state index is 10.8.